The van der Waals surface area contributed by atoms with Crippen molar-refractivity contribution in [1.82, 2.24) is 15.7 Å². The lowest BCUT2D eigenvalue weighted by molar-refractivity contribution is -0.149. The molecule has 1 aliphatic heterocycles. The topological polar surface area (TPSA) is 90.9 Å². The molecule has 1 amide bonds. The molecule has 0 bridgehead atoms. The number of hydrogen-bond donors (Lipinski definition) is 3. The Labute approximate surface area is 93.7 Å². The molecule has 1 fully saturated rings. The van der Waals surface area contributed by atoms with Crippen molar-refractivity contribution in [3.05, 3.63) is 0 Å². The number of aliphatic carboxylic acids is 1. The molecule has 1 aliphatic rings. The van der Waals surface area contributed by atoms with Gasteiger partial charge >= 0.3 is 5.97 Å². The molecule has 0 spiro atoms. The van der Waals surface area contributed by atoms with Gasteiger partial charge in [0.25, 0.3) is 5.91 Å². The maximum Gasteiger partial charge on any atom is 0.332 e. The maximum atomic E-state index is 11.3. The highest BCUT2D eigenvalue weighted by molar-refractivity contribution is 5.77. The van der Waals surface area contributed by atoms with E-state index in [4.69, 9.17) is 5.11 Å². The third-order valence-electron chi connectivity index (χ3n) is 2.18. The van der Waals surface area contributed by atoms with E-state index in [1.54, 1.807) is 0 Å². The zero-order valence-corrected chi connectivity index (χ0v) is 9.07. The number of rotatable bonds is 5. The van der Waals surface area contributed by atoms with Crippen LogP contribution in [0.1, 0.15) is 6.42 Å². The molecule has 1 heterocycles. The summed E-state index contributed by atoms with van der Waals surface area (Å²) < 4.78 is 0. The summed E-state index contributed by atoms with van der Waals surface area (Å²) in [7, 11) is 0. The summed E-state index contributed by atoms with van der Waals surface area (Å²) in [5.74, 6) is -1.43. The molecule has 0 aliphatic carbocycles. The molecule has 0 saturated carbocycles. The summed E-state index contributed by atoms with van der Waals surface area (Å²) in [5, 5.41) is 11.5. The van der Waals surface area contributed by atoms with Crippen LogP contribution in [0.5, 0.6) is 0 Å². The van der Waals surface area contributed by atoms with Crippen molar-refractivity contribution in [3.63, 3.8) is 0 Å². The van der Waals surface area contributed by atoms with Gasteiger partial charge in [0.2, 0.25) is 0 Å². The van der Waals surface area contributed by atoms with Crippen LogP contribution in [0.2, 0.25) is 0 Å². The third kappa shape index (κ3) is 5.64. The minimum atomic E-state index is -1.11. The quantitative estimate of drug-likeness (QED) is 0.494. The number of carboxylic acids is 1. The molecule has 92 valence electrons. The number of amides is 1. The van der Waals surface area contributed by atoms with Crippen LogP contribution in [-0.4, -0.2) is 61.2 Å². The minimum Gasteiger partial charge on any atom is -0.479 e. The van der Waals surface area contributed by atoms with E-state index >= 15 is 0 Å². The fraction of sp³-hybridized carbons (Fsp3) is 0.778. The summed E-state index contributed by atoms with van der Waals surface area (Å²) in [6, 6.07) is 0. The number of carboxylic acid groups (broad SMARTS) is 1. The molecule has 1 saturated heterocycles. The van der Waals surface area contributed by atoms with E-state index in [9.17, 15) is 9.59 Å². The van der Waals surface area contributed by atoms with Gasteiger partial charge in [-0.25, -0.2) is 10.3 Å². The minimum absolute atomic E-state index is 0.237. The highest BCUT2D eigenvalue weighted by atomic mass is 16.7. The Bertz CT molecular complexity index is 239. The van der Waals surface area contributed by atoms with E-state index in [0.29, 0.717) is 0 Å². The fourth-order valence-corrected chi connectivity index (χ4v) is 1.47. The summed E-state index contributed by atoms with van der Waals surface area (Å²) in [4.78, 5) is 27.9. The Morgan fingerprint density at radius 3 is 2.94 bits per heavy atom. The van der Waals surface area contributed by atoms with Gasteiger partial charge in [-0.2, -0.15) is 0 Å². The van der Waals surface area contributed by atoms with Gasteiger partial charge in [0.15, 0.2) is 6.61 Å². The lowest BCUT2D eigenvalue weighted by Crippen LogP contribution is -2.39. The van der Waals surface area contributed by atoms with Crippen LogP contribution in [0.15, 0.2) is 0 Å². The Hall–Kier alpha value is -1.18. The summed E-state index contributed by atoms with van der Waals surface area (Å²) in [6.45, 7) is 3.22. The monoisotopic (exact) mass is 231 g/mol. The van der Waals surface area contributed by atoms with E-state index in [2.05, 4.69) is 15.6 Å². The molecule has 16 heavy (non-hydrogen) atoms. The summed E-state index contributed by atoms with van der Waals surface area (Å²) in [6.07, 6.45) is 1.00. The molecule has 0 aromatic rings. The second-order valence-electron chi connectivity index (χ2n) is 3.59. The predicted molar refractivity (Wildman–Crippen MR) is 55.7 cm³/mol. The van der Waals surface area contributed by atoms with Crippen molar-refractivity contribution in [2.45, 2.75) is 6.42 Å². The van der Waals surface area contributed by atoms with Crippen LogP contribution in [0.3, 0.4) is 0 Å². The molecular weight excluding hydrogens is 214 g/mol. The molecule has 3 N–H and O–H groups in total. The van der Waals surface area contributed by atoms with Crippen LogP contribution < -0.4 is 10.8 Å². The normalized spacial score (nSPS) is 17.8. The highest BCUT2D eigenvalue weighted by Gasteiger charge is 2.12. The van der Waals surface area contributed by atoms with Crippen LogP contribution in [-0.2, 0) is 14.4 Å². The zero-order chi connectivity index (χ0) is 11.8. The van der Waals surface area contributed by atoms with Crippen LogP contribution in [0, 0.1) is 0 Å². The molecule has 1 rings (SSSR count). The largest absolute Gasteiger partial charge is 0.479 e. The number of nitrogens with one attached hydrogen (secondary N) is 2. The number of hydrogen-bond acceptors (Lipinski definition) is 5. The summed E-state index contributed by atoms with van der Waals surface area (Å²) >= 11 is 0. The average molecular weight is 231 g/mol. The Morgan fingerprint density at radius 2 is 2.19 bits per heavy atom. The lowest BCUT2D eigenvalue weighted by atomic mass is 10.4. The SMILES string of the molecule is O=C(O)CONC(=O)CN1CCCNCC1. The number of nitrogens with zero attached hydrogens (tertiary/aromatic N) is 1. The molecular formula is C9H17N3O4. The van der Waals surface area contributed by atoms with E-state index in [-0.39, 0.29) is 12.5 Å². The van der Waals surface area contributed by atoms with Gasteiger partial charge in [0.1, 0.15) is 0 Å². The zero-order valence-electron chi connectivity index (χ0n) is 9.07. The molecule has 0 aromatic carbocycles. The molecule has 7 nitrogen and oxygen atoms in total. The Balaban J connectivity index is 2.14. The summed E-state index contributed by atoms with van der Waals surface area (Å²) in [5.41, 5.74) is 2.10. The lowest BCUT2D eigenvalue weighted by Gasteiger charge is -2.18. The van der Waals surface area contributed by atoms with Gasteiger partial charge in [0.05, 0.1) is 6.54 Å². The predicted octanol–water partition coefficient (Wildman–Crippen LogP) is -1.59. The second kappa shape index (κ2) is 7.15. The first-order chi connectivity index (χ1) is 7.68. The van der Waals surface area contributed by atoms with E-state index in [1.165, 1.54) is 0 Å². The van der Waals surface area contributed by atoms with E-state index in [0.717, 1.165) is 32.6 Å². The number of carbonyl (C=O) groups excluding carboxylic acids is 1. The maximum absolute atomic E-state index is 11.3. The highest BCUT2D eigenvalue weighted by Crippen LogP contribution is 1.94. The van der Waals surface area contributed by atoms with Gasteiger partial charge in [-0.05, 0) is 19.5 Å². The molecule has 0 atom stereocenters. The van der Waals surface area contributed by atoms with Crippen molar-refractivity contribution in [1.29, 1.82) is 0 Å². The first-order valence-electron chi connectivity index (χ1n) is 5.24. The molecule has 0 unspecified atom stereocenters. The van der Waals surface area contributed by atoms with Crippen molar-refractivity contribution in [3.8, 4) is 0 Å². The number of hydroxylamine groups is 1. The van der Waals surface area contributed by atoms with Crippen molar-refractivity contribution >= 4 is 11.9 Å². The fourth-order valence-electron chi connectivity index (χ4n) is 1.47. The van der Waals surface area contributed by atoms with Gasteiger partial charge in [-0.15, -0.1) is 0 Å². The van der Waals surface area contributed by atoms with Crippen molar-refractivity contribution in [2.75, 3.05) is 39.3 Å². The van der Waals surface area contributed by atoms with E-state index in [1.807, 2.05) is 4.90 Å². The second-order valence-corrected chi connectivity index (χ2v) is 3.59. The van der Waals surface area contributed by atoms with E-state index < -0.39 is 12.6 Å². The first kappa shape index (κ1) is 12.9. The molecule has 0 radical (unpaired) electrons. The van der Waals surface area contributed by atoms with Crippen LogP contribution in [0.25, 0.3) is 0 Å². The van der Waals surface area contributed by atoms with Crippen LogP contribution >= 0.6 is 0 Å². The standard InChI is InChI=1S/C9H17N3O4/c13-8(11-16-7-9(14)15)6-12-4-1-2-10-3-5-12/h10H,1-7H2,(H,11,13)(H,14,15). The third-order valence-corrected chi connectivity index (χ3v) is 2.18. The van der Waals surface area contributed by atoms with Crippen molar-refractivity contribution in [2.24, 2.45) is 0 Å². The Kier molecular flexibility index (Phi) is 5.76. The van der Waals surface area contributed by atoms with Gasteiger partial charge < -0.3 is 10.4 Å². The molecule has 7 heteroatoms. The van der Waals surface area contributed by atoms with Crippen LogP contribution in [0.4, 0.5) is 0 Å². The number of carbonyl (C=O) groups is 2. The Morgan fingerprint density at radius 1 is 1.38 bits per heavy atom. The van der Waals surface area contributed by atoms with Gasteiger partial charge in [-0.3, -0.25) is 14.5 Å². The van der Waals surface area contributed by atoms with Gasteiger partial charge in [-0.1, -0.05) is 0 Å². The average Bonchev–Trinajstić information content (AvgIpc) is 2.45. The van der Waals surface area contributed by atoms with Crippen molar-refractivity contribution < 1.29 is 19.5 Å². The molecule has 0 aromatic heterocycles. The first-order valence-corrected chi connectivity index (χ1v) is 5.24. The van der Waals surface area contributed by atoms with Gasteiger partial charge in [0, 0.05) is 13.1 Å². The smallest absolute Gasteiger partial charge is 0.332 e.